The zero-order chi connectivity index (χ0) is 8.32. The molecule has 0 amide bonds. The number of halogens is 1. The van der Waals surface area contributed by atoms with Gasteiger partial charge in [-0.1, -0.05) is 0 Å². The first-order valence-electron chi connectivity index (χ1n) is 3.74. The SMILES string of the molecule is O=S(=O)(F)CCC1CCCN1. The second kappa shape index (κ2) is 3.49. The number of nitrogens with one attached hydrogen (secondary N) is 1. The molecule has 0 spiro atoms. The molecule has 1 aliphatic heterocycles. The number of rotatable bonds is 3. The van der Waals surface area contributed by atoms with Crippen LogP contribution in [0.4, 0.5) is 3.89 Å². The summed E-state index contributed by atoms with van der Waals surface area (Å²) in [7, 11) is -4.25. The van der Waals surface area contributed by atoms with Crippen molar-refractivity contribution in [1.29, 1.82) is 0 Å². The highest BCUT2D eigenvalue weighted by molar-refractivity contribution is 7.86. The van der Waals surface area contributed by atoms with Crippen molar-refractivity contribution in [3.05, 3.63) is 0 Å². The molecule has 1 rings (SSSR count). The average Bonchev–Trinajstić information content (AvgIpc) is 2.32. The summed E-state index contributed by atoms with van der Waals surface area (Å²) < 4.78 is 32.2. The Labute approximate surface area is 66.2 Å². The number of hydrogen-bond acceptors (Lipinski definition) is 3. The Balaban J connectivity index is 2.22. The molecule has 0 bridgehead atoms. The van der Waals surface area contributed by atoms with E-state index in [4.69, 9.17) is 0 Å². The molecule has 1 heterocycles. The molecule has 1 atom stereocenters. The minimum absolute atomic E-state index is 0.209. The predicted octanol–water partition coefficient (Wildman–Crippen LogP) is 0.428. The molecule has 1 unspecified atom stereocenters. The fraction of sp³-hybridized carbons (Fsp3) is 1.00. The lowest BCUT2D eigenvalue weighted by Gasteiger charge is -2.06. The van der Waals surface area contributed by atoms with Gasteiger partial charge in [0.1, 0.15) is 0 Å². The molecule has 11 heavy (non-hydrogen) atoms. The molecule has 3 nitrogen and oxygen atoms in total. The fourth-order valence-electron chi connectivity index (χ4n) is 1.29. The first kappa shape index (κ1) is 8.93. The van der Waals surface area contributed by atoms with Crippen molar-refractivity contribution in [2.45, 2.75) is 25.3 Å². The monoisotopic (exact) mass is 181 g/mol. The molecule has 5 heteroatoms. The fourth-order valence-corrected chi connectivity index (χ4v) is 1.85. The van der Waals surface area contributed by atoms with Crippen molar-refractivity contribution < 1.29 is 12.3 Å². The highest BCUT2D eigenvalue weighted by atomic mass is 32.3. The second-order valence-corrected chi connectivity index (χ2v) is 4.31. The predicted molar refractivity (Wildman–Crippen MR) is 40.5 cm³/mol. The Morgan fingerprint density at radius 3 is 2.73 bits per heavy atom. The van der Waals surface area contributed by atoms with Gasteiger partial charge in [0.15, 0.2) is 0 Å². The molecule has 0 aromatic rings. The van der Waals surface area contributed by atoms with Gasteiger partial charge in [0, 0.05) is 6.04 Å². The van der Waals surface area contributed by atoms with Gasteiger partial charge in [-0.2, -0.15) is 8.42 Å². The van der Waals surface area contributed by atoms with E-state index in [1.165, 1.54) is 0 Å². The summed E-state index contributed by atoms with van der Waals surface area (Å²) in [6.07, 6.45) is 2.44. The summed E-state index contributed by atoms with van der Waals surface area (Å²) in [5.41, 5.74) is 0. The van der Waals surface area contributed by atoms with Gasteiger partial charge in [0.25, 0.3) is 0 Å². The molecular formula is C6H12FNO2S. The Morgan fingerprint density at radius 1 is 1.55 bits per heavy atom. The molecule has 0 aromatic heterocycles. The smallest absolute Gasteiger partial charge is 0.302 e. The van der Waals surface area contributed by atoms with E-state index in [0.717, 1.165) is 19.4 Å². The van der Waals surface area contributed by atoms with Crippen molar-refractivity contribution in [2.24, 2.45) is 0 Å². The first-order valence-corrected chi connectivity index (χ1v) is 5.29. The van der Waals surface area contributed by atoms with Crippen molar-refractivity contribution in [2.75, 3.05) is 12.3 Å². The van der Waals surface area contributed by atoms with E-state index in [1.54, 1.807) is 0 Å². The molecule has 1 aliphatic rings. The molecule has 0 aliphatic carbocycles. The third kappa shape index (κ3) is 3.67. The van der Waals surface area contributed by atoms with Crippen LogP contribution in [-0.4, -0.2) is 26.8 Å². The van der Waals surface area contributed by atoms with Gasteiger partial charge in [-0.15, -0.1) is 3.89 Å². The summed E-state index contributed by atoms with van der Waals surface area (Å²) in [6, 6.07) is 0.209. The third-order valence-corrected chi connectivity index (χ3v) is 2.60. The van der Waals surface area contributed by atoms with E-state index in [-0.39, 0.29) is 11.8 Å². The van der Waals surface area contributed by atoms with Crippen LogP contribution in [0.15, 0.2) is 0 Å². The first-order chi connectivity index (χ1) is 5.08. The highest BCUT2D eigenvalue weighted by Crippen LogP contribution is 2.10. The van der Waals surface area contributed by atoms with Crippen LogP contribution in [0, 0.1) is 0 Å². The van der Waals surface area contributed by atoms with Gasteiger partial charge in [-0.25, -0.2) is 0 Å². The normalized spacial score (nSPS) is 25.7. The number of hydrogen-bond donors (Lipinski definition) is 1. The summed E-state index contributed by atoms with van der Waals surface area (Å²) in [6.45, 7) is 0.928. The summed E-state index contributed by atoms with van der Waals surface area (Å²) in [4.78, 5) is 0. The van der Waals surface area contributed by atoms with Gasteiger partial charge in [0.2, 0.25) is 0 Å². The molecule has 1 saturated heterocycles. The van der Waals surface area contributed by atoms with E-state index in [9.17, 15) is 12.3 Å². The van der Waals surface area contributed by atoms with E-state index >= 15 is 0 Å². The van der Waals surface area contributed by atoms with Crippen molar-refractivity contribution >= 4 is 10.2 Å². The zero-order valence-corrected chi connectivity index (χ0v) is 7.03. The lowest BCUT2D eigenvalue weighted by atomic mass is 10.2. The van der Waals surface area contributed by atoms with Gasteiger partial charge >= 0.3 is 10.2 Å². The topological polar surface area (TPSA) is 46.2 Å². The highest BCUT2D eigenvalue weighted by Gasteiger charge is 2.17. The molecule has 0 radical (unpaired) electrons. The average molecular weight is 181 g/mol. The van der Waals surface area contributed by atoms with E-state index < -0.39 is 10.2 Å². The van der Waals surface area contributed by atoms with Crippen LogP contribution in [-0.2, 0) is 10.2 Å². The van der Waals surface area contributed by atoms with Crippen molar-refractivity contribution in [1.82, 2.24) is 5.32 Å². The Kier molecular flexibility index (Phi) is 2.84. The van der Waals surface area contributed by atoms with E-state index in [2.05, 4.69) is 5.32 Å². The zero-order valence-electron chi connectivity index (χ0n) is 6.22. The van der Waals surface area contributed by atoms with Crippen LogP contribution < -0.4 is 5.32 Å². The van der Waals surface area contributed by atoms with E-state index in [0.29, 0.717) is 6.42 Å². The summed E-state index contributed by atoms with van der Waals surface area (Å²) in [5.74, 6) is -0.343. The Morgan fingerprint density at radius 2 is 2.27 bits per heavy atom. The molecule has 1 N–H and O–H groups in total. The van der Waals surface area contributed by atoms with Crippen LogP contribution >= 0.6 is 0 Å². The van der Waals surface area contributed by atoms with Crippen LogP contribution in [0.1, 0.15) is 19.3 Å². The maximum Gasteiger partial charge on any atom is 0.302 e. The van der Waals surface area contributed by atoms with Gasteiger partial charge in [-0.3, -0.25) is 0 Å². The van der Waals surface area contributed by atoms with Crippen LogP contribution in [0.25, 0.3) is 0 Å². The van der Waals surface area contributed by atoms with Crippen molar-refractivity contribution in [3.63, 3.8) is 0 Å². The molecule has 0 saturated carbocycles. The van der Waals surface area contributed by atoms with Crippen LogP contribution in [0.3, 0.4) is 0 Å². The lowest BCUT2D eigenvalue weighted by molar-refractivity contribution is 0.531. The van der Waals surface area contributed by atoms with E-state index in [1.807, 2.05) is 0 Å². The molecular weight excluding hydrogens is 169 g/mol. The van der Waals surface area contributed by atoms with Gasteiger partial charge < -0.3 is 5.32 Å². The summed E-state index contributed by atoms with van der Waals surface area (Å²) >= 11 is 0. The minimum Gasteiger partial charge on any atom is -0.314 e. The van der Waals surface area contributed by atoms with Crippen LogP contribution in [0.2, 0.25) is 0 Å². The lowest BCUT2D eigenvalue weighted by Crippen LogP contribution is -2.23. The second-order valence-electron chi connectivity index (χ2n) is 2.82. The Bertz CT molecular complexity index is 209. The minimum atomic E-state index is -4.25. The Hall–Kier alpha value is -0.160. The van der Waals surface area contributed by atoms with Gasteiger partial charge in [-0.05, 0) is 25.8 Å². The van der Waals surface area contributed by atoms with Gasteiger partial charge in [0.05, 0.1) is 5.75 Å². The third-order valence-electron chi connectivity index (χ3n) is 1.87. The molecule has 1 fully saturated rings. The molecule has 66 valence electrons. The summed E-state index contributed by atoms with van der Waals surface area (Å²) in [5, 5.41) is 3.10. The van der Waals surface area contributed by atoms with Crippen LogP contribution in [0.5, 0.6) is 0 Å². The quantitative estimate of drug-likeness (QED) is 0.642. The maximum atomic E-state index is 12.0. The standard InChI is InChI=1S/C6H12FNO2S/c7-11(9,10)5-3-6-2-1-4-8-6/h6,8H,1-5H2. The molecule has 0 aromatic carbocycles. The maximum absolute atomic E-state index is 12.0. The van der Waals surface area contributed by atoms with Crippen molar-refractivity contribution in [3.8, 4) is 0 Å². The largest absolute Gasteiger partial charge is 0.314 e.